The average Bonchev–Trinajstić information content (AvgIpc) is 2.18. The minimum atomic E-state index is 0.316. The van der Waals surface area contributed by atoms with Crippen molar-refractivity contribution in [2.45, 2.75) is 32.4 Å². The SMILES string of the molecule is CC(N)CCCN(C)Cc1cccnc1. The second-order valence-electron chi connectivity index (χ2n) is 4.22. The third-order valence-electron chi connectivity index (χ3n) is 2.37. The van der Waals surface area contributed by atoms with Crippen molar-refractivity contribution in [1.29, 1.82) is 0 Å². The highest BCUT2D eigenvalue weighted by molar-refractivity contribution is 5.07. The van der Waals surface area contributed by atoms with Crippen LogP contribution in [0.15, 0.2) is 24.5 Å². The van der Waals surface area contributed by atoms with Gasteiger partial charge in [-0.15, -0.1) is 0 Å². The van der Waals surface area contributed by atoms with Crippen molar-refractivity contribution in [3.05, 3.63) is 30.1 Å². The first kappa shape index (κ1) is 12.1. The summed E-state index contributed by atoms with van der Waals surface area (Å²) in [7, 11) is 2.13. The molecule has 1 atom stereocenters. The molecule has 0 aliphatic heterocycles. The Kier molecular flexibility index (Phi) is 5.29. The monoisotopic (exact) mass is 207 g/mol. The molecule has 1 rings (SSSR count). The van der Waals surface area contributed by atoms with E-state index in [2.05, 4.69) is 29.9 Å². The maximum Gasteiger partial charge on any atom is 0.0312 e. The lowest BCUT2D eigenvalue weighted by Crippen LogP contribution is -2.22. The van der Waals surface area contributed by atoms with Gasteiger partial charge in [-0.25, -0.2) is 0 Å². The van der Waals surface area contributed by atoms with Gasteiger partial charge in [-0.1, -0.05) is 6.07 Å². The molecule has 84 valence electrons. The Hall–Kier alpha value is -0.930. The van der Waals surface area contributed by atoms with E-state index in [1.165, 1.54) is 5.56 Å². The second-order valence-corrected chi connectivity index (χ2v) is 4.22. The van der Waals surface area contributed by atoms with E-state index in [1.807, 2.05) is 12.3 Å². The highest BCUT2D eigenvalue weighted by Gasteiger charge is 2.01. The largest absolute Gasteiger partial charge is 0.328 e. The molecule has 0 spiro atoms. The first-order valence-corrected chi connectivity index (χ1v) is 5.51. The van der Waals surface area contributed by atoms with E-state index in [4.69, 9.17) is 5.73 Å². The molecule has 0 radical (unpaired) electrons. The Morgan fingerprint density at radius 1 is 1.53 bits per heavy atom. The Bertz CT molecular complexity index is 259. The predicted molar refractivity (Wildman–Crippen MR) is 63.5 cm³/mol. The number of nitrogens with two attached hydrogens (primary N) is 1. The summed E-state index contributed by atoms with van der Waals surface area (Å²) in [6, 6.07) is 4.40. The van der Waals surface area contributed by atoms with E-state index in [9.17, 15) is 0 Å². The van der Waals surface area contributed by atoms with Gasteiger partial charge in [0.15, 0.2) is 0 Å². The van der Waals surface area contributed by atoms with Crippen LogP contribution in [0.5, 0.6) is 0 Å². The Labute approximate surface area is 92.3 Å². The van der Waals surface area contributed by atoms with Gasteiger partial charge < -0.3 is 10.6 Å². The molecule has 0 aliphatic carbocycles. The van der Waals surface area contributed by atoms with E-state index in [1.54, 1.807) is 6.20 Å². The van der Waals surface area contributed by atoms with Crippen LogP contribution in [0, 0.1) is 0 Å². The lowest BCUT2D eigenvalue weighted by Gasteiger charge is -2.16. The zero-order valence-corrected chi connectivity index (χ0v) is 9.69. The lowest BCUT2D eigenvalue weighted by atomic mass is 10.2. The third-order valence-corrected chi connectivity index (χ3v) is 2.37. The molecule has 0 aliphatic rings. The van der Waals surface area contributed by atoms with Gasteiger partial charge in [0, 0.05) is 25.0 Å². The predicted octanol–water partition coefficient (Wildman–Crippen LogP) is 1.64. The minimum Gasteiger partial charge on any atom is -0.328 e. The molecule has 3 nitrogen and oxygen atoms in total. The highest BCUT2D eigenvalue weighted by atomic mass is 15.1. The maximum atomic E-state index is 5.70. The quantitative estimate of drug-likeness (QED) is 0.771. The van der Waals surface area contributed by atoms with Crippen LogP contribution in [0.3, 0.4) is 0 Å². The summed E-state index contributed by atoms with van der Waals surface area (Å²) in [4.78, 5) is 6.40. The molecule has 1 unspecified atom stereocenters. The van der Waals surface area contributed by atoms with Crippen LogP contribution < -0.4 is 5.73 Å². The summed E-state index contributed by atoms with van der Waals surface area (Å²) < 4.78 is 0. The Morgan fingerprint density at radius 3 is 2.93 bits per heavy atom. The molecule has 0 aromatic carbocycles. The lowest BCUT2D eigenvalue weighted by molar-refractivity contribution is 0.315. The van der Waals surface area contributed by atoms with Gasteiger partial charge in [-0.05, 0) is 45.0 Å². The summed E-state index contributed by atoms with van der Waals surface area (Å²) >= 11 is 0. The van der Waals surface area contributed by atoms with Crippen LogP contribution in [0.1, 0.15) is 25.3 Å². The molecule has 1 aromatic rings. The summed E-state index contributed by atoms with van der Waals surface area (Å²) in [5.74, 6) is 0. The summed E-state index contributed by atoms with van der Waals surface area (Å²) in [5, 5.41) is 0. The van der Waals surface area contributed by atoms with Crippen molar-refractivity contribution in [2.75, 3.05) is 13.6 Å². The van der Waals surface area contributed by atoms with Crippen molar-refractivity contribution in [2.24, 2.45) is 5.73 Å². The minimum absolute atomic E-state index is 0.316. The van der Waals surface area contributed by atoms with Gasteiger partial charge in [0.1, 0.15) is 0 Å². The van der Waals surface area contributed by atoms with Crippen LogP contribution >= 0.6 is 0 Å². The first-order chi connectivity index (χ1) is 7.18. The normalized spacial score (nSPS) is 13.1. The second kappa shape index (κ2) is 6.53. The molecule has 15 heavy (non-hydrogen) atoms. The smallest absolute Gasteiger partial charge is 0.0312 e. The van der Waals surface area contributed by atoms with Crippen LogP contribution in [-0.4, -0.2) is 29.5 Å². The van der Waals surface area contributed by atoms with Gasteiger partial charge in [-0.2, -0.15) is 0 Å². The van der Waals surface area contributed by atoms with Crippen molar-refractivity contribution in [3.8, 4) is 0 Å². The van der Waals surface area contributed by atoms with Gasteiger partial charge in [0.25, 0.3) is 0 Å². The maximum absolute atomic E-state index is 5.70. The number of pyridine rings is 1. The Morgan fingerprint density at radius 2 is 2.33 bits per heavy atom. The zero-order valence-electron chi connectivity index (χ0n) is 9.69. The summed E-state index contributed by atoms with van der Waals surface area (Å²) in [5.41, 5.74) is 6.97. The third kappa shape index (κ3) is 5.50. The molecule has 0 bridgehead atoms. The van der Waals surface area contributed by atoms with Crippen molar-refractivity contribution < 1.29 is 0 Å². The topological polar surface area (TPSA) is 42.1 Å². The van der Waals surface area contributed by atoms with Crippen LogP contribution in [-0.2, 0) is 6.54 Å². The van der Waals surface area contributed by atoms with Crippen molar-refractivity contribution >= 4 is 0 Å². The van der Waals surface area contributed by atoms with E-state index >= 15 is 0 Å². The summed E-state index contributed by atoms with van der Waals surface area (Å²) in [6.45, 7) is 4.12. The van der Waals surface area contributed by atoms with E-state index in [0.717, 1.165) is 25.9 Å². The standard InChI is InChI=1S/C12H21N3/c1-11(13)5-4-8-15(2)10-12-6-3-7-14-9-12/h3,6-7,9,11H,4-5,8,10,13H2,1-2H3. The van der Waals surface area contributed by atoms with Gasteiger partial charge >= 0.3 is 0 Å². The molecule has 0 saturated heterocycles. The number of aromatic nitrogens is 1. The molecule has 0 fully saturated rings. The number of hydrogen-bond acceptors (Lipinski definition) is 3. The van der Waals surface area contributed by atoms with Crippen LogP contribution in [0.25, 0.3) is 0 Å². The van der Waals surface area contributed by atoms with E-state index in [0.29, 0.717) is 6.04 Å². The molecule has 0 saturated carbocycles. The number of nitrogens with zero attached hydrogens (tertiary/aromatic N) is 2. The molecule has 3 heteroatoms. The average molecular weight is 207 g/mol. The number of rotatable bonds is 6. The fraction of sp³-hybridized carbons (Fsp3) is 0.583. The number of hydrogen-bond donors (Lipinski definition) is 1. The molecular weight excluding hydrogens is 186 g/mol. The Balaban J connectivity index is 2.21. The van der Waals surface area contributed by atoms with Gasteiger partial charge in [-0.3, -0.25) is 4.98 Å². The zero-order chi connectivity index (χ0) is 11.1. The fourth-order valence-corrected chi connectivity index (χ4v) is 1.57. The molecular formula is C12H21N3. The highest BCUT2D eigenvalue weighted by Crippen LogP contribution is 2.02. The molecule has 1 aromatic heterocycles. The van der Waals surface area contributed by atoms with Crippen LogP contribution in [0.2, 0.25) is 0 Å². The molecule has 0 amide bonds. The van der Waals surface area contributed by atoms with E-state index < -0.39 is 0 Å². The van der Waals surface area contributed by atoms with Crippen molar-refractivity contribution in [3.63, 3.8) is 0 Å². The molecule has 2 N–H and O–H groups in total. The summed E-state index contributed by atoms with van der Waals surface area (Å²) in [6.07, 6.45) is 5.98. The van der Waals surface area contributed by atoms with E-state index in [-0.39, 0.29) is 0 Å². The molecule has 1 heterocycles. The van der Waals surface area contributed by atoms with Crippen molar-refractivity contribution in [1.82, 2.24) is 9.88 Å². The van der Waals surface area contributed by atoms with Crippen LogP contribution in [0.4, 0.5) is 0 Å². The van der Waals surface area contributed by atoms with Gasteiger partial charge in [0.2, 0.25) is 0 Å². The van der Waals surface area contributed by atoms with Gasteiger partial charge in [0.05, 0.1) is 0 Å². The first-order valence-electron chi connectivity index (χ1n) is 5.51. The fourth-order valence-electron chi connectivity index (χ4n) is 1.57.